The third-order valence-electron chi connectivity index (χ3n) is 5.66. The monoisotopic (exact) mass is 418 g/mol. The smallest absolute Gasteiger partial charge is 0.233 e. The highest BCUT2D eigenvalue weighted by Gasteiger charge is 2.34. The molecule has 0 N–H and O–H groups in total. The Kier molecular flexibility index (Phi) is 4.32. The third kappa shape index (κ3) is 3.15. The van der Waals surface area contributed by atoms with E-state index in [1.165, 1.54) is 12.1 Å². The van der Waals surface area contributed by atoms with Crippen LogP contribution in [0.2, 0.25) is 0 Å². The molecule has 0 saturated heterocycles. The lowest BCUT2D eigenvalue weighted by molar-refractivity contribution is -0.575. The first-order valence-electron chi connectivity index (χ1n) is 9.90. The summed E-state index contributed by atoms with van der Waals surface area (Å²) < 4.78 is 45.3. The normalized spacial score (nSPS) is 12.0. The summed E-state index contributed by atoms with van der Waals surface area (Å²) in [6.45, 7) is 3.74. The SMILES string of the molecule is Cc1c(-n2ncc3ccccc32)cc(C(F)(F)F)cc1-[n+]1c(C)ccc2ccccc21. The number of nitrogens with zero attached hydrogens (tertiary/aromatic N) is 3. The van der Waals surface area contributed by atoms with Gasteiger partial charge in [0.2, 0.25) is 11.2 Å². The van der Waals surface area contributed by atoms with Crippen LogP contribution in [0, 0.1) is 13.8 Å². The largest absolute Gasteiger partial charge is 0.416 e. The second-order valence-electron chi connectivity index (χ2n) is 7.62. The molecule has 0 aliphatic carbocycles. The minimum atomic E-state index is -4.49. The lowest BCUT2D eigenvalue weighted by Gasteiger charge is -2.15. The van der Waals surface area contributed by atoms with Crippen LogP contribution < -0.4 is 4.57 Å². The fourth-order valence-corrected chi connectivity index (χ4v) is 4.09. The van der Waals surface area contributed by atoms with Crippen LogP contribution in [0.25, 0.3) is 33.2 Å². The van der Waals surface area contributed by atoms with Crippen LogP contribution in [-0.2, 0) is 6.18 Å². The first-order valence-corrected chi connectivity index (χ1v) is 9.90. The van der Waals surface area contributed by atoms with Crippen LogP contribution in [-0.4, -0.2) is 9.78 Å². The summed E-state index contributed by atoms with van der Waals surface area (Å²) in [5.41, 5.74) is 3.35. The van der Waals surface area contributed by atoms with Crippen LogP contribution in [0.15, 0.2) is 79.0 Å². The zero-order chi connectivity index (χ0) is 21.8. The number of hydrogen-bond acceptors (Lipinski definition) is 1. The molecule has 3 aromatic carbocycles. The van der Waals surface area contributed by atoms with Crippen molar-refractivity contribution < 1.29 is 17.7 Å². The molecule has 2 aromatic heterocycles. The third-order valence-corrected chi connectivity index (χ3v) is 5.66. The highest BCUT2D eigenvalue weighted by atomic mass is 19.4. The Morgan fingerprint density at radius 1 is 0.839 bits per heavy atom. The van der Waals surface area contributed by atoms with Gasteiger partial charge in [0.1, 0.15) is 0 Å². The molecule has 0 aliphatic heterocycles. The van der Waals surface area contributed by atoms with Crippen LogP contribution in [0.5, 0.6) is 0 Å². The van der Waals surface area contributed by atoms with Crippen molar-refractivity contribution in [2.24, 2.45) is 0 Å². The second kappa shape index (κ2) is 6.94. The average Bonchev–Trinajstić information content (AvgIpc) is 3.17. The van der Waals surface area contributed by atoms with Crippen molar-refractivity contribution in [2.45, 2.75) is 20.0 Å². The van der Waals surface area contributed by atoms with Crippen LogP contribution in [0.3, 0.4) is 0 Å². The van der Waals surface area contributed by atoms with Gasteiger partial charge in [-0.3, -0.25) is 0 Å². The molecule has 5 aromatic rings. The molecule has 0 atom stereocenters. The first kappa shape index (κ1) is 19.3. The summed E-state index contributed by atoms with van der Waals surface area (Å²) in [5, 5.41) is 6.23. The van der Waals surface area contributed by atoms with Crippen molar-refractivity contribution in [3.8, 4) is 11.4 Å². The fourth-order valence-electron chi connectivity index (χ4n) is 4.09. The maximum Gasteiger partial charge on any atom is 0.416 e. The Morgan fingerprint density at radius 2 is 1.55 bits per heavy atom. The van der Waals surface area contributed by atoms with E-state index < -0.39 is 11.7 Å². The maximum absolute atomic E-state index is 13.9. The average molecular weight is 418 g/mol. The van der Waals surface area contributed by atoms with Gasteiger partial charge in [-0.15, -0.1) is 0 Å². The van der Waals surface area contributed by atoms with Gasteiger partial charge >= 0.3 is 6.18 Å². The first-order chi connectivity index (χ1) is 14.8. The van der Waals surface area contributed by atoms with Crippen molar-refractivity contribution in [3.63, 3.8) is 0 Å². The van der Waals surface area contributed by atoms with E-state index >= 15 is 0 Å². The molecule has 0 spiro atoms. The highest BCUT2D eigenvalue weighted by Crippen LogP contribution is 2.34. The van der Waals surface area contributed by atoms with Crippen LogP contribution >= 0.6 is 0 Å². The Balaban J connectivity index is 1.88. The zero-order valence-corrected chi connectivity index (χ0v) is 17.0. The van der Waals surface area contributed by atoms with Crippen molar-refractivity contribution in [3.05, 3.63) is 95.8 Å². The maximum atomic E-state index is 13.9. The molecular formula is C25H19F3N3+. The zero-order valence-electron chi connectivity index (χ0n) is 17.0. The van der Waals surface area contributed by atoms with Crippen LogP contribution in [0.1, 0.15) is 16.8 Å². The number of halogens is 3. The quantitative estimate of drug-likeness (QED) is 0.318. The van der Waals surface area contributed by atoms with Gasteiger partial charge in [-0.2, -0.15) is 22.8 Å². The van der Waals surface area contributed by atoms with Gasteiger partial charge in [0.15, 0.2) is 5.69 Å². The molecule has 154 valence electrons. The molecule has 3 nitrogen and oxygen atoms in total. The molecule has 0 aliphatic rings. The number of aryl methyl sites for hydroxylation is 1. The Labute approximate surface area is 177 Å². The topological polar surface area (TPSA) is 21.7 Å². The minimum Gasteiger partial charge on any atom is -0.233 e. The van der Waals surface area contributed by atoms with Crippen molar-refractivity contribution in [1.82, 2.24) is 9.78 Å². The molecule has 0 bridgehead atoms. The molecule has 0 radical (unpaired) electrons. The van der Waals surface area contributed by atoms with Gasteiger partial charge in [0.25, 0.3) is 0 Å². The fraction of sp³-hybridized carbons (Fsp3) is 0.120. The summed E-state index contributed by atoms with van der Waals surface area (Å²) in [6, 6.07) is 21.5. The number of hydrogen-bond donors (Lipinski definition) is 0. The molecule has 2 heterocycles. The summed E-state index contributed by atoms with van der Waals surface area (Å²) in [7, 11) is 0. The van der Waals surface area contributed by atoms with Gasteiger partial charge in [0.05, 0.1) is 23.0 Å². The lowest BCUT2D eigenvalue weighted by atomic mass is 10.0. The van der Waals surface area contributed by atoms with Gasteiger partial charge in [-0.1, -0.05) is 30.3 Å². The Morgan fingerprint density at radius 3 is 2.32 bits per heavy atom. The van der Waals surface area contributed by atoms with Gasteiger partial charge in [0, 0.05) is 41.5 Å². The molecule has 0 saturated carbocycles. The van der Waals surface area contributed by atoms with Gasteiger partial charge in [-0.25, -0.2) is 4.68 Å². The lowest BCUT2D eigenvalue weighted by Crippen LogP contribution is -2.36. The number of fused-ring (bicyclic) bond motifs is 2. The van der Waals surface area contributed by atoms with Crippen molar-refractivity contribution >= 4 is 21.8 Å². The number of benzene rings is 3. The van der Waals surface area contributed by atoms with Gasteiger partial charge in [-0.05, 0) is 31.2 Å². The Bertz CT molecular complexity index is 1450. The number of aromatic nitrogens is 3. The van der Waals surface area contributed by atoms with E-state index in [-0.39, 0.29) is 0 Å². The standard InChI is InChI=1S/C25H19F3N3/c1-16-11-12-18-7-3-5-9-21(18)30(16)23-13-20(25(26,27)28)14-24(17(23)2)31-22-10-6-4-8-19(22)15-29-31/h3-15H,1-2H3/q+1. The van der Waals surface area contributed by atoms with Crippen molar-refractivity contribution in [1.29, 1.82) is 0 Å². The molecule has 0 amide bonds. The molecule has 6 heteroatoms. The second-order valence-corrected chi connectivity index (χ2v) is 7.62. The van der Waals surface area contributed by atoms with E-state index in [0.29, 0.717) is 16.9 Å². The number of rotatable bonds is 2. The summed E-state index contributed by atoms with van der Waals surface area (Å²) in [6.07, 6.45) is -2.82. The number of pyridine rings is 1. The van der Waals surface area contributed by atoms with E-state index in [1.54, 1.807) is 10.9 Å². The number of alkyl halides is 3. The van der Waals surface area contributed by atoms with E-state index in [4.69, 9.17) is 0 Å². The van der Waals surface area contributed by atoms with E-state index in [2.05, 4.69) is 5.10 Å². The van der Waals surface area contributed by atoms with Crippen molar-refractivity contribution in [2.75, 3.05) is 0 Å². The van der Waals surface area contributed by atoms with E-state index in [1.807, 2.05) is 79.1 Å². The summed E-state index contributed by atoms with van der Waals surface area (Å²) in [4.78, 5) is 0. The summed E-state index contributed by atoms with van der Waals surface area (Å²) in [5.74, 6) is 0. The highest BCUT2D eigenvalue weighted by molar-refractivity contribution is 5.81. The molecule has 5 rings (SSSR count). The van der Waals surface area contributed by atoms with Crippen LogP contribution in [0.4, 0.5) is 13.2 Å². The van der Waals surface area contributed by atoms with E-state index in [0.717, 1.165) is 27.5 Å². The predicted molar refractivity (Wildman–Crippen MR) is 115 cm³/mol. The molecule has 31 heavy (non-hydrogen) atoms. The minimum absolute atomic E-state index is 0.408. The summed E-state index contributed by atoms with van der Waals surface area (Å²) >= 11 is 0. The molecule has 0 unspecified atom stereocenters. The van der Waals surface area contributed by atoms with Gasteiger partial charge < -0.3 is 0 Å². The van der Waals surface area contributed by atoms with E-state index in [9.17, 15) is 13.2 Å². The molecule has 0 fully saturated rings. The predicted octanol–water partition coefficient (Wildman–Crippen LogP) is 6.09. The number of para-hydroxylation sites is 2. The Hall–Kier alpha value is -3.67. The molecular weight excluding hydrogens is 399 g/mol.